The van der Waals surface area contributed by atoms with E-state index in [1.807, 2.05) is 6.08 Å². The minimum absolute atomic E-state index is 0.0486. The smallest absolute Gasteiger partial charge is 0.233 e. The molecule has 0 aromatic rings. The molecule has 0 aromatic carbocycles. The maximum absolute atomic E-state index is 12.5. The number of carbonyl (C=O) groups is 1. The molecule has 0 saturated carbocycles. The van der Waals surface area contributed by atoms with E-state index in [0.29, 0.717) is 11.7 Å². The van der Waals surface area contributed by atoms with E-state index in [1.54, 1.807) is 23.5 Å². The van der Waals surface area contributed by atoms with Crippen LogP contribution in [0.3, 0.4) is 0 Å². The summed E-state index contributed by atoms with van der Waals surface area (Å²) in [6, 6.07) is 0. The molecule has 136 valence electrons. The number of hydrogen-bond acceptors (Lipinski definition) is 5. The number of halogens is 1. The van der Waals surface area contributed by atoms with Gasteiger partial charge in [-0.25, -0.2) is 0 Å². The normalized spacial score (nSPS) is 29.4. The van der Waals surface area contributed by atoms with Gasteiger partial charge in [0.05, 0.1) is 10.8 Å². The van der Waals surface area contributed by atoms with Crippen molar-refractivity contribution >= 4 is 46.2 Å². The van der Waals surface area contributed by atoms with E-state index in [4.69, 9.17) is 17.3 Å². The Morgan fingerprint density at radius 1 is 1.48 bits per heavy atom. The SMILES string of the molecule is CC1(C2=CCC(C(=O)NCCC3=CC=C(Cl)CC3)S2)CCSC(N)=N1. The number of nitrogens with two attached hydrogens (primary N) is 1. The van der Waals surface area contributed by atoms with Crippen LogP contribution in [0.2, 0.25) is 0 Å². The topological polar surface area (TPSA) is 67.5 Å². The van der Waals surface area contributed by atoms with Gasteiger partial charge in [0.15, 0.2) is 5.17 Å². The fourth-order valence-corrected chi connectivity index (χ4v) is 5.57. The maximum atomic E-state index is 12.5. The first kappa shape index (κ1) is 18.9. The Hall–Kier alpha value is -0.850. The molecule has 0 bridgehead atoms. The first-order chi connectivity index (χ1) is 12.0. The van der Waals surface area contributed by atoms with Gasteiger partial charge < -0.3 is 11.1 Å². The summed E-state index contributed by atoms with van der Waals surface area (Å²) >= 11 is 9.22. The second-order valence-electron chi connectivity index (χ2n) is 6.71. The van der Waals surface area contributed by atoms with E-state index < -0.39 is 0 Å². The van der Waals surface area contributed by atoms with E-state index in [-0.39, 0.29) is 16.7 Å². The minimum Gasteiger partial charge on any atom is -0.379 e. The number of allylic oxidation sites excluding steroid dienone is 4. The summed E-state index contributed by atoms with van der Waals surface area (Å²) in [5.41, 5.74) is 6.99. The monoisotopic (exact) mass is 397 g/mol. The number of amidine groups is 1. The Bertz CT molecular complexity index is 671. The highest BCUT2D eigenvalue weighted by Gasteiger charge is 2.37. The zero-order chi connectivity index (χ0) is 17.9. The Balaban J connectivity index is 1.47. The molecule has 1 amide bonds. The van der Waals surface area contributed by atoms with Gasteiger partial charge in [-0.2, -0.15) is 0 Å². The van der Waals surface area contributed by atoms with E-state index in [2.05, 4.69) is 29.4 Å². The van der Waals surface area contributed by atoms with Crippen LogP contribution in [0, 0.1) is 0 Å². The first-order valence-electron chi connectivity index (χ1n) is 8.63. The molecule has 3 aliphatic rings. The quantitative estimate of drug-likeness (QED) is 0.737. The van der Waals surface area contributed by atoms with E-state index >= 15 is 0 Å². The zero-order valence-electron chi connectivity index (χ0n) is 14.4. The molecule has 3 N–H and O–H groups in total. The lowest BCUT2D eigenvalue weighted by Crippen LogP contribution is -2.34. The van der Waals surface area contributed by atoms with Gasteiger partial charge >= 0.3 is 0 Å². The van der Waals surface area contributed by atoms with Crippen molar-refractivity contribution in [1.29, 1.82) is 0 Å². The van der Waals surface area contributed by atoms with Gasteiger partial charge in [-0.05, 0) is 45.1 Å². The van der Waals surface area contributed by atoms with Crippen LogP contribution in [-0.4, -0.2) is 34.2 Å². The first-order valence-corrected chi connectivity index (χ1v) is 10.9. The fourth-order valence-electron chi connectivity index (χ4n) is 3.16. The number of carbonyl (C=O) groups excluding carboxylic acids is 1. The Kier molecular flexibility index (Phi) is 6.23. The van der Waals surface area contributed by atoms with E-state index in [1.165, 1.54) is 10.5 Å². The average molecular weight is 398 g/mol. The molecule has 2 heterocycles. The van der Waals surface area contributed by atoms with Crippen molar-refractivity contribution in [1.82, 2.24) is 5.32 Å². The van der Waals surface area contributed by atoms with E-state index in [0.717, 1.165) is 42.9 Å². The summed E-state index contributed by atoms with van der Waals surface area (Å²) in [5.74, 6) is 1.10. The zero-order valence-corrected chi connectivity index (χ0v) is 16.8. The number of aliphatic imine (C=N–C) groups is 1. The number of hydrogen-bond donors (Lipinski definition) is 2. The van der Waals surface area contributed by atoms with Gasteiger partial charge in [-0.1, -0.05) is 41.1 Å². The van der Waals surface area contributed by atoms with Crippen molar-refractivity contribution in [2.24, 2.45) is 10.7 Å². The van der Waals surface area contributed by atoms with E-state index in [9.17, 15) is 4.79 Å². The van der Waals surface area contributed by atoms with Crippen molar-refractivity contribution in [2.75, 3.05) is 12.3 Å². The van der Waals surface area contributed by atoms with Crippen molar-refractivity contribution in [3.05, 3.63) is 33.7 Å². The van der Waals surface area contributed by atoms with Gasteiger partial charge in [-0.15, -0.1) is 11.8 Å². The molecule has 7 heteroatoms. The highest BCUT2D eigenvalue weighted by molar-refractivity contribution is 8.13. The predicted molar refractivity (Wildman–Crippen MR) is 110 cm³/mol. The molecule has 2 aliphatic heterocycles. The molecule has 0 aromatic heterocycles. The maximum Gasteiger partial charge on any atom is 0.233 e. The van der Waals surface area contributed by atoms with Crippen LogP contribution in [0.25, 0.3) is 0 Å². The van der Waals surface area contributed by atoms with Crippen LogP contribution in [0.15, 0.2) is 38.7 Å². The van der Waals surface area contributed by atoms with Gasteiger partial charge in [0.25, 0.3) is 0 Å². The minimum atomic E-state index is -0.256. The summed E-state index contributed by atoms with van der Waals surface area (Å²) in [7, 11) is 0. The summed E-state index contributed by atoms with van der Waals surface area (Å²) < 4.78 is 0. The number of nitrogens with one attached hydrogen (secondary N) is 1. The summed E-state index contributed by atoms with van der Waals surface area (Å²) in [5, 5.41) is 4.59. The number of rotatable bonds is 5. The highest BCUT2D eigenvalue weighted by atomic mass is 35.5. The Labute approximate surface area is 162 Å². The van der Waals surface area contributed by atoms with Gasteiger partial charge in [0, 0.05) is 22.2 Å². The van der Waals surface area contributed by atoms with Crippen LogP contribution < -0.4 is 11.1 Å². The van der Waals surface area contributed by atoms with Crippen molar-refractivity contribution < 1.29 is 4.79 Å². The molecule has 0 radical (unpaired) electrons. The number of nitrogens with zero attached hydrogens (tertiary/aromatic N) is 1. The van der Waals surface area contributed by atoms with Crippen LogP contribution in [0.5, 0.6) is 0 Å². The Morgan fingerprint density at radius 3 is 3.04 bits per heavy atom. The fraction of sp³-hybridized carbons (Fsp3) is 0.556. The largest absolute Gasteiger partial charge is 0.379 e. The molecule has 0 spiro atoms. The third kappa shape index (κ3) is 4.86. The standard InChI is InChI=1S/C18H24ClN3OS2/c1-18(9-11-24-17(20)22-18)15-7-6-14(25-15)16(23)21-10-8-12-2-4-13(19)5-3-12/h2,4,7,14H,3,5-6,8-11H2,1H3,(H2,20,22)(H,21,23). The second-order valence-corrected chi connectivity index (χ2v) is 9.56. The van der Waals surface area contributed by atoms with Crippen molar-refractivity contribution in [2.45, 2.75) is 49.8 Å². The molecule has 4 nitrogen and oxygen atoms in total. The van der Waals surface area contributed by atoms with Crippen LogP contribution >= 0.6 is 35.1 Å². The molecular weight excluding hydrogens is 374 g/mol. The third-order valence-corrected chi connectivity index (χ3v) is 7.40. The summed E-state index contributed by atoms with van der Waals surface area (Å²) in [4.78, 5) is 18.3. The molecular formula is C18H24ClN3OS2. The average Bonchev–Trinajstić information content (AvgIpc) is 3.07. The third-order valence-electron chi connectivity index (χ3n) is 4.74. The summed E-state index contributed by atoms with van der Waals surface area (Å²) in [6.07, 6.45) is 10.7. The van der Waals surface area contributed by atoms with Crippen molar-refractivity contribution in [3.8, 4) is 0 Å². The molecule has 0 saturated heterocycles. The molecule has 3 rings (SSSR count). The number of amides is 1. The van der Waals surface area contributed by atoms with Crippen LogP contribution in [-0.2, 0) is 4.79 Å². The molecule has 25 heavy (non-hydrogen) atoms. The lowest BCUT2D eigenvalue weighted by atomic mass is 9.98. The predicted octanol–water partition coefficient (Wildman–Crippen LogP) is 3.94. The van der Waals surface area contributed by atoms with Crippen LogP contribution in [0.4, 0.5) is 0 Å². The van der Waals surface area contributed by atoms with Crippen LogP contribution in [0.1, 0.15) is 39.0 Å². The van der Waals surface area contributed by atoms with Gasteiger partial charge in [0.2, 0.25) is 5.91 Å². The lowest BCUT2D eigenvalue weighted by molar-refractivity contribution is -0.120. The van der Waals surface area contributed by atoms with Gasteiger partial charge in [0.1, 0.15) is 0 Å². The van der Waals surface area contributed by atoms with Gasteiger partial charge in [-0.3, -0.25) is 9.79 Å². The molecule has 1 aliphatic carbocycles. The molecule has 2 atom stereocenters. The molecule has 2 unspecified atom stereocenters. The highest BCUT2D eigenvalue weighted by Crippen LogP contribution is 2.44. The molecule has 0 fully saturated rings. The Morgan fingerprint density at radius 2 is 2.32 bits per heavy atom. The second kappa shape index (κ2) is 8.23. The van der Waals surface area contributed by atoms with Crippen molar-refractivity contribution in [3.63, 3.8) is 0 Å². The summed E-state index contributed by atoms with van der Waals surface area (Å²) in [6.45, 7) is 2.80. The lowest BCUT2D eigenvalue weighted by Gasteiger charge is -2.30. The number of thioether (sulfide) groups is 2.